The van der Waals surface area contributed by atoms with E-state index in [4.69, 9.17) is 16.3 Å². The lowest BCUT2D eigenvalue weighted by atomic mass is 10.2. The topological polar surface area (TPSA) is 79.5 Å². The SMILES string of the molecule is COC(=O)Cn1c(=O)cc(Cl)n(Cc2ccc(OC)cc2)c1=O. The Hall–Kier alpha value is -2.54. The highest BCUT2D eigenvalue weighted by Gasteiger charge is 2.13. The van der Waals surface area contributed by atoms with E-state index in [9.17, 15) is 14.4 Å². The van der Waals surface area contributed by atoms with E-state index in [0.29, 0.717) is 5.75 Å². The minimum absolute atomic E-state index is 0.00284. The van der Waals surface area contributed by atoms with Crippen molar-refractivity contribution in [2.24, 2.45) is 0 Å². The molecule has 7 nitrogen and oxygen atoms in total. The van der Waals surface area contributed by atoms with Crippen LogP contribution >= 0.6 is 11.6 Å². The average Bonchev–Trinajstić information content (AvgIpc) is 2.55. The molecule has 23 heavy (non-hydrogen) atoms. The Morgan fingerprint density at radius 3 is 2.35 bits per heavy atom. The number of aromatic nitrogens is 2. The zero-order valence-corrected chi connectivity index (χ0v) is 13.4. The largest absolute Gasteiger partial charge is 0.497 e. The molecule has 0 N–H and O–H groups in total. The number of carbonyl (C=O) groups is 1. The lowest BCUT2D eigenvalue weighted by molar-refractivity contribution is -0.141. The van der Waals surface area contributed by atoms with Crippen molar-refractivity contribution in [3.63, 3.8) is 0 Å². The molecule has 0 bridgehead atoms. The monoisotopic (exact) mass is 338 g/mol. The van der Waals surface area contributed by atoms with Crippen LogP contribution in [0.25, 0.3) is 0 Å². The Labute approximate surface area is 136 Å². The number of methoxy groups -OCH3 is 2. The molecule has 0 atom stereocenters. The van der Waals surface area contributed by atoms with Gasteiger partial charge in [0.2, 0.25) is 0 Å². The number of benzene rings is 1. The summed E-state index contributed by atoms with van der Waals surface area (Å²) in [7, 11) is 2.73. The molecule has 0 unspecified atom stereocenters. The Morgan fingerprint density at radius 2 is 1.78 bits per heavy atom. The van der Waals surface area contributed by atoms with E-state index in [0.717, 1.165) is 16.2 Å². The van der Waals surface area contributed by atoms with Gasteiger partial charge in [-0.05, 0) is 17.7 Å². The third-order valence-corrected chi connectivity index (χ3v) is 3.56. The average molecular weight is 339 g/mol. The zero-order chi connectivity index (χ0) is 17.0. The van der Waals surface area contributed by atoms with Crippen molar-refractivity contribution in [2.75, 3.05) is 14.2 Å². The van der Waals surface area contributed by atoms with Crippen molar-refractivity contribution < 1.29 is 14.3 Å². The van der Waals surface area contributed by atoms with E-state index in [1.54, 1.807) is 31.4 Å². The van der Waals surface area contributed by atoms with Gasteiger partial charge >= 0.3 is 11.7 Å². The fraction of sp³-hybridized carbons (Fsp3) is 0.267. The molecule has 0 radical (unpaired) electrons. The first kappa shape index (κ1) is 16.8. The van der Waals surface area contributed by atoms with E-state index in [2.05, 4.69) is 4.74 Å². The third kappa shape index (κ3) is 3.81. The van der Waals surface area contributed by atoms with Crippen LogP contribution in [-0.4, -0.2) is 29.3 Å². The number of hydrogen-bond donors (Lipinski definition) is 0. The second-order valence-corrected chi connectivity index (χ2v) is 5.07. The molecule has 0 fully saturated rings. The van der Waals surface area contributed by atoms with Gasteiger partial charge in [-0.25, -0.2) is 9.36 Å². The predicted octanol–water partition coefficient (Wildman–Crippen LogP) is 0.893. The minimum atomic E-state index is -0.692. The highest BCUT2D eigenvalue weighted by Crippen LogP contribution is 2.13. The maximum absolute atomic E-state index is 12.4. The summed E-state index contributed by atoms with van der Waals surface area (Å²) in [6.45, 7) is -0.308. The molecular formula is C15H15ClN2O5. The lowest BCUT2D eigenvalue weighted by Crippen LogP contribution is -2.41. The lowest BCUT2D eigenvalue weighted by Gasteiger charge is -2.12. The Kier molecular flexibility index (Phi) is 5.23. The van der Waals surface area contributed by atoms with E-state index in [1.807, 2.05) is 0 Å². The molecule has 2 aromatic rings. The molecule has 122 valence electrons. The van der Waals surface area contributed by atoms with Crippen molar-refractivity contribution in [1.29, 1.82) is 0 Å². The summed E-state index contributed by atoms with van der Waals surface area (Å²) in [4.78, 5) is 35.6. The van der Waals surface area contributed by atoms with Gasteiger partial charge in [0.1, 0.15) is 17.4 Å². The molecule has 0 spiro atoms. The standard InChI is InChI=1S/C15H15ClN2O5/c1-22-11-5-3-10(4-6-11)8-17-12(16)7-13(19)18(15(17)21)9-14(20)23-2/h3-7H,8-9H2,1-2H3. The summed E-state index contributed by atoms with van der Waals surface area (Å²) in [5.74, 6) is -0.00891. The van der Waals surface area contributed by atoms with E-state index < -0.39 is 23.8 Å². The summed E-state index contributed by atoms with van der Waals surface area (Å²) in [6.07, 6.45) is 0. The van der Waals surface area contributed by atoms with Crippen molar-refractivity contribution in [2.45, 2.75) is 13.1 Å². The fourth-order valence-electron chi connectivity index (χ4n) is 1.98. The Bertz CT molecular complexity index is 823. The fourth-order valence-corrected chi connectivity index (χ4v) is 2.21. The molecule has 0 aliphatic rings. The van der Waals surface area contributed by atoms with E-state index in [1.165, 1.54) is 11.7 Å². The quantitative estimate of drug-likeness (QED) is 0.597. The van der Waals surface area contributed by atoms with Crippen LogP contribution in [0.15, 0.2) is 39.9 Å². The number of hydrogen-bond acceptors (Lipinski definition) is 5. The molecule has 0 amide bonds. The first-order chi connectivity index (χ1) is 11.0. The number of rotatable bonds is 5. The van der Waals surface area contributed by atoms with E-state index >= 15 is 0 Å². The second kappa shape index (κ2) is 7.15. The number of esters is 1. The minimum Gasteiger partial charge on any atom is -0.497 e. The van der Waals surface area contributed by atoms with E-state index in [-0.39, 0.29) is 11.7 Å². The second-order valence-electron chi connectivity index (χ2n) is 4.68. The maximum Gasteiger partial charge on any atom is 0.332 e. The molecule has 2 rings (SSSR count). The van der Waals surface area contributed by atoms with Crippen LogP contribution in [0.5, 0.6) is 5.75 Å². The summed E-state index contributed by atoms with van der Waals surface area (Å²) in [5, 5.41) is -0.00284. The predicted molar refractivity (Wildman–Crippen MR) is 84.1 cm³/mol. The van der Waals surface area contributed by atoms with Gasteiger partial charge in [-0.2, -0.15) is 0 Å². The number of ether oxygens (including phenoxy) is 2. The van der Waals surface area contributed by atoms with Crippen LogP contribution in [0, 0.1) is 0 Å². The van der Waals surface area contributed by atoms with Gasteiger partial charge in [0.15, 0.2) is 0 Å². The normalized spacial score (nSPS) is 10.4. The Morgan fingerprint density at radius 1 is 1.13 bits per heavy atom. The van der Waals surface area contributed by atoms with Crippen LogP contribution in [0.2, 0.25) is 5.15 Å². The van der Waals surface area contributed by atoms with Crippen LogP contribution in [0.4, 0.5) is 0 Å². The van der Waals surface area contributed by atoms with Gasteiger partial charge in [-0.1, -0.05) is 23.7 Å². The highest BCUT2D eigenvalue weighted by atomic mass is 35.5. The maximum atomic E-state index is 12.4. The molecular weight excluding hydrogens is 324 g/mol. The molecule has 0 saturated carbocycles. The van der Waals surface area contributed by atoms with Crippen molar-refractivity contribution in [3.05, 3.63) is 61.9 Å². The van der Waals surface area contributed by atoms with Crippen LogP contribution in [0.1, 0.15) is 5.56 Å². The summed E-state index contributed by atoms with van der Waals surface area (Å²) in [6, 6.07) is 8.14. The first-order valence-corrected chi connectivity index (χ1v) is 7.04. The van der Waals surface area contributed by atoms with Crippen molar-refractivity contribution in [3.8, 4) is 5.75 Å². The molecule has 0 aliphatic carbocycles. The molecule has 8 heteroatoms. The Balaban J connectivity index is 2.41. The highest BCUT2D eigenvalue weighted by molar-refractivity contribution is 6.29. The van der Waals surface area contributed by atoms with Crippen LogP contribution in [0.3, 0.4) is 0 Å². The molecule has 0 saturated heterocycles. The van der Waals surface area contributed by atoms with Gasteiger partial charge in [0.05, 0.1) is 20.8 Å². The van der Waals surface area contributed by atoms with Crippen molar-refractivity contribution in [1.82, 2.24) is 9.13 Å². The molecule has 1 heterocycles. The number of halogens is 1. The van der Waals surface area contributed by atoms with Crippen molar-refractivity contribution >= 4 is 17.6 Å². The third-order valence-electron chi connectivity index (χ3n) is 3.24. The van der Waals surface area contributed by atoms with Crippen LogP contribution < -0.4 is 16.0 Å². The molecule has 1 aromatic heterocycles. The summed E-state index contributed by atoms with van der Waals surface area (Å²) >= 11 is 5.99. The molecule has 1 aromatic carbocycles. The number of nitrogens with zero attached hydrogens (tertiary/aromatic N) is 2. The molecule has 0 aliphatic heterocycles. The van der Waals surface area contributed by atoms with Gasteiger partial charge in [0.25, 0.3) is 5.56 Å². The first-order valence-electron chi connectivity index (χ1n) is 6.66. The van der Waals surface area contributed by atoms with Gasteiger partial charge in [-0.15, -0.1) is 0 Å². The van der Waals surface area contributed by atoms with Crippen LogP contribution in [-0.2, 0) is 22.6 Å². The smallest absolute Gasteiger partial charge is 0.332 e. The van der Waals surface area contributed by atoms with Gasteiger partial charge < -0.3 is 9.47 Å². The number of carbonyl (C=O) groups excluding carboxylic acids is 1. The summed E-state index contributed by atoms with van der Waals surface area (Å²) < 4.78 is 11.5. The van der Waals surface area contributed by atoms with Gasteiger partial charge in [0, 0.05) is 6.07 Å². The van der Waals surface area contributed by atoms with Gasteiger partial charge in [-0.3, -0.25) is 14.2 Å². The summed E-state index contributed by atoms with van der Waals surface area (Å²) in [5.41, 5.74) is -0.543. The zero-order valence-electron chi connectivity index (χ0n) is 12.6.